The molecule has 1 heterocycles. The number of hydrogen-bond acceptors (Lipinski definition) is 6. The number of aliphatic hydroxyl groups is 1. The van der Waals surface area contributed by atoms with Crippen LogP contribution in [0.3, 0.4) is 0 Å². The van der Waals surface area contributed by atoms with Gasteiger partial charge in [-0.05, 0) is 49.2 Å². The van der Waals surface area contributed by atoms with Crippen molar-refractivity contribution in [3.63, 3.8) is 0 Å². The zero-order valence-electron chi connectivity index (χ0n) is 17.2. The number of aryl methyl sites for hydroxylation is 1. The molecule has 1 unspecified atom stereocenters. The molecule has 2 aromatic carbocycles. The fourth-order valence-electron chi connectivity index (χ4n) is 3.02. The number of hydrogen-bond donors (Lipinski definition) is 3. The first-order valence-electron chi connectivity index (χ1n) is 9.49. The summed E-state index contributed by atoms with van der Waals surface area (Å²) < 4.78 is 24.0. The van der Waals surface area contributed by atoms with Gasteiger partial charge in [-0.1, -0.05) is 24.0 Å². The summed E-state index contributed by atoms with van der Waals surface area (Å²) in [6.45, 7) is 1.43. The van der Waals surface area contributed by atoms with Crippen molar-refractivity contribution in [2.75, 3.05) is 6.26 Å². The van der Waals surface area contributed by atoms with Crippen molar-refractivity contribution in [1.29, 1.82) is 0 Å². The number of nitrogens with zero attached hydrogens (tertiary/aromatic N) is 2. The van der Waals surface area contributed by atoms with Crippen molar-refractivity contribution in [2.24, 2.45) is 0 Å². The van der Waals surface area contributed by atoms with E-state index in [-0.39, 0.29) is 19.6 Å². The highest BCUT2D eigenvalue weighted by Crippen LogP contribution is 2.23. The average Bonchev–Trinajstić information content (AvgIpc) is 3.17. The van der Waals surface area contributed by atoms with Gasteiger partial charge < -0.3 is 5.11 Å². The second-order valence-corrected chi connectivity index (χ2v) is 9.91. The molecule has 0 fully saturated rings. The molecule has 1 atom stereocenters. The molecule has 0 aliphatic carbocycles. The third-order valence-corrected chi connectivity index (χ3v) is 7.28. The van der Waals surface area contributed by atoms with Gasteiger partial charge in [0.15, 0.2) is 14.6 Å². The molecule has 0 saturated heterocycles. The monoisotopic (exact) mass is 441 g/mol. The summed E-state index contributed by atoms with van der Waals surface area (Å²) in [5.41, 5.74) is 4.60. The van der Waals surface area contributed by atoms with Crippen molar-refractivity contribution in [1.82, 2.24) is 15.3 Å². The molecular weight excluding hydrogens is 418 g/mol. The van der Waals surface area contributed by atoms with E-state index in [9.17, 15) is 13.2 Å². The zero-order chi connectivity index (χ0) is 22.6. The number of aromatic nitrogens is 2. The number of sulfone groups is 1. The molecule has 3 N–H and O–H groups in total. The molecule has 162 valence electrons. The van der Waals surface area contributed by atoms with Crippen molar-refractivity contribution >= 4 is 26.6 Å². The smallest absolute Gasteiger partial charge is 0.264 e. The number of carbonyl (C=O) groups is 1. The second kappa shape index (κ2) is 8.89. The molecule has 0 spiro atoms. The summed E-state index contributed by atoms with van der Waals surface area (Å²) in [6.07, 6.45) is 2.67. The normalized spacial score (nSPS) is 13.3. The van der Waals surface area contributed by atoms with Crippen LogP contribution in [-0.4, -0.2) is 45.4 Å². The molecular formula is C22H23N3O5S. The molecule has 0 saturated carbocycles. The minimum Gasteiger partial charge on any atom is -0.392 e. The van der Waals surface area contributed by atoms with E-state index < -0.39 is 20.5 Å². The zero-order valence-corrected chi connectivity index (χ0v) is 18.0. The van der Waals surface area contributed by atoms with Gasteiger partial charge in [-0.15, -0.1) is 0 Å². The fraction of sp³-hybridized carbons (Fsp3) is 0.273. The first kappa shape index (κ1) is 22.5. The molecule has 0 radical (unpaired) electrons. The molecule has 3 rings (SSSR count). The lowest BCUT2D eigenvalue weighted by molar-refractivity contribution is -0.131. The summed E-state index contributed by atoms with van der Waals surface area (Å²) in [5, 5.41) is 23.3. The van der Waals surface area contributed by atoms with Crippen LogP contribution in [0.1, 0.15) is 30.0 Å². The summed E-state index contributed by atoms with van der Waals surface area (Å²) in [7, 11) is -3.77. The Morgan fingerprint density at radius 1 is 1.16 bits per heavy atom. The van der Waals surface area contributed by atoms with Crippen LogP contribution < -0.4 is 5.48 Å². The fourth-order valence-corrected chi connectivity index (χ4v) is 3.86. The van der Waals surface area contributed by atoms with Crippen molar-refractivity contribution in [2.45, 2.75) is 31.2 Å². The quantitative estimate of drug-likeness (QED) is 0.304. The Kier molecular flexibility index (Phi) is 6.45. The van der Waals surface area contributed by atoms with E-state index in [0.29, 0.717) is 5.52 Å². The summed E-state index contributed by atoms with van der Waals surface area (Å²) in [6, 6.07) is 12.9. The van der Waals surface area contributed by atoms with Gasteiger partial charge in [-0.25, -0.2) is 13.9 Å². The largest absolute Gasteiger partial charge is 0.392 e. The number of nitrogens with one attached hydrogen (secondary N) is 1. The van der Waals surface area contributed by atoms with Crippen LogP contribution in [0.5, 0.6) is 0 Å². The van der Waals surface area contributed by atoms with Crippen molar-refractivity contribution in [3.05, 3.63) is 65.4 Å². The van der Waals surface area contributed by atoms with E-state index >= 15 is 0 Å². The van der Waals surface area contributed by atoms with E-state index in [1.54, 1.807) is 10.9 Å². The first-order valence-corrected chi connectivity index (χ1v) is 11.4. The lowest BCUT2D eigenvalue weighted by Crippen LogP contribution is -2.49. The standard InChI is InChI=1S/C22H23N3O5S/c1-22(21(27)24-28,31(2,29)30)11-12-25-14-19-13-17(9-10-20(19)23-25)6-3-16-4-7-18(15-26)8-5-16/h4-5,7-10,13-14,26,28H,11-12,15H2,1-2H3,(H,24,27). The van der Waals surface area contributed by atoms with Crippen molar-refractivity contribution < 1.29 is 23.5 Å². The number of amides is 1. The Hall–Kier alpha value is -3.19. The van der Waals surface area contributed by atoms with Crippen LogP contribution in [0.2, 0.25) is 0 Å². The van der Waals surface area contributed by atoms with Crippen LogP contribution in [0, 0.1) is 11.8 Å². The van der Waals surface area contributed by atoms with E-state index in [2.05, 4.69) is 16.9 Å². The van der Waals surface area contributed by atoms with Crippen molar-refractivity contribution in [3.8, 4) is 11.8 Å². The molecule has 1 amide bonds. The lowest BCUT2D eigenvalue weighted by Gasteiger charge is -2.24. The maximum atomic E-state index is 12.1. The Bertz CT molecular complexity index is 1270. The number of carbonyl (C=O) groups excluding carboxylic acids is 1. The highest BCUT2D eigenvalue weighted by molar-refractivity contribution is 7.92. The lowest BCUT2D eigenvalue weighted by atomic mass is 10.1. The highest BCUT2D eigenvalue weighted by Gasteiger charge is 2.43. The van der Waals surface area contributed by atoms with Crippen LogP contribution in [0.15, 0.2) is 48.7 Å². The average molecular weight is 442 g/mol. The number of hydroxylamine groups is 1. The third-order valence-electron chi connectivity index (χ3n) is 5.26. The van der Waals surface area contributed by atoms with Gasteiger partial charge in [0.05, 0.1) is 12.1 Å². The van der Waals surface area contributed by atoms with Gasteiger partial charge in [0.2, 0.25) is 0 Å². The van der Waals surface area contributed by atoms with Gasteiger partial charge in [0, 0.05) is 35.5 Å². The Morgan fingerprint density at radius 2 is 1.81 bits per heavy atom. The topological polar surface area (TPSA) is 122 Å². The Morgan fingerprint density at radius 3 is 2.42 bits per heavy atom. The van der Waals surface area contributed by atoms with Gasteiger partial charge in [0.25, 0.3) is 5.91 Å². The SMILES string of the molecule is CC(CCn1cc2cc(C#Cc3ccc(CO)cc3)ccc2n1)(C(=O)NO)S(C)(=O)=O. The first-order chi connectivity index (χ1) is 14.7. The predicted octanol–water partition coefficient (Wildman–Crippen LogP) is 1.63. The maximum Gasteiger partial charge on any atom is 0.264 e. The molecule has 0 bridgehead atoms. The van der Waals surface area contributed by atoms with Gasteiger partial charge >= 0.3 is 0 Å². The predicted molar refractivity (Wildman–Crippen MR) is 116 cm³/mol. The molecule has 9 heteroatoms. The summed E-state index contributed by atoms with van der Waals surface area (Å²) >= 11 is 0. The number of rotatable bonds is 6. The van der Waals surface area contributed by atoms with Crippen LogP contribution in [0.4, 0.5) is 0 Å². The Balaban J connectivity index is 1.79. The molecule has 1 aromatic heterocycles. The number of fused-ring (bicyclic) bond motifs is 1. The van der Waals surface area contributed by atoms with Crippen LogP contribution >= 0.6 is 0 Å². The minimum absolute atomic E-state index is 0.0115. The molecule has 0 aliphatic rings. The number of aliphatic hydroxyl groups excluding tert-OH is 1. The second-order valence-electron chi connectivity index (χ2n) is 7.46. The summed E-state index contributed by atoms with van der Waals surface area (Å²) in [4.78, 5) is 11.9. The van der Waals surface area contributed by atoms with E-state index in [0.717, 1.165) is 28.3 Å². The Labute approximate surface area is 180 Å². The third kappa shape index (κ3) is 4.94. The molecule has 3 aromatic rings. The van der Waals surface area contributed by atoms with Gasteiger partial charge in [-0.2, -0.15) is 5.10 Å². The molecule has 8 nitrogen and oxygen atoms in total. The van der Waals surface area contributed by atoms with E-state index in [1.165, 1.54) is 12.4 Å². The van der Waals surface area contributed by atoms with E-state index in [1.807, 2.05) is 42.5 Å². The van der Waals surface area contributed by atoms with Crippen LogP contribution in [-0.2, 0) is 27.8 Å². The maximum absolute atomic E-state index is 12.1. The minimum atomic E-state index is -3.77. The van der Waals surface area contributed by atoms with E-state index in [4.69, 9.17) is 10.3 Å². The molecule has 0 aliphatic heterocycles. The van der Waals surface area contributed by atoms with Gasteiger partial charge in [-0.3, -0.25) is 14.7 Å². The van der Waals surface area contributed by atoms with Crippen LogP contribution in [0.25, 0.3) is 10.9 Å². The van der Waals surface area contributed by atoms with Gasteiger partial charge in [0.1, 0.15) is 0 Å². The highest BCUT2D eigenvalue weighted by atomic mass is 32.2. The summed E-state index contributed by atoms with van der Waals surface area (Å²) in [5.74, 6) is 5.18. The molecule has 31 heavy (non-hydrogen) atoms. The number of benzene rings is 2.